The van der Waals surface area contributed by atoms with Crippen molar-refractivity contribution in [2.45, 2.75) is 503 Å². The number of aliphatic hydroxyl groups is 11. The van der Waals surface area contributed by atoms with Crippen molar-refractivity contribution >= 4 is 5.91 Å². The van der Waals surface area contributed by atoms with Crippen LogP contribution in [0.4, 0.5) is 0 Å². The first-order chi connectivity index (χ1) is 56.3. The SMILES string of the molecule is CC/C=C\C/C=C\C/C=C\C/C=C\C/C=C\CCCCCCCCCCCCCCCCCCCCCCCCCCCC(=O)NC(COC1OC(CO)C(OC2OC(CO)C(OC3OC(CO)C(O)C(O)C3O)C(O)C2O)C(O)C1O)C(O)/C=C/CCCCCCCCCCCCCCCCCCCCCCCCCCCCC. The molecule has 17 atom stereocenters. The van der Waals surface area contributed by atoms with E-state index < -0.39 is 124 Å². The van der Waals surface area contributed by atoms with E-state index in [4.69, 9.17) is 28.4 Å². The van der Waals surface area contributed by atoms with E-state index >= 15 is 0 Å². The van der Waals surface area contributed by atoms with Crippen LogP contribution in [0.5, 0.6) is 0 Å². The van der Waals surface area contributed by atoms with Crippen molar-refractivity contribution in [2.75, 3.05) is 26.4 Å². The molecule has 0 bridgehead atoms. The fourth-order valence-corrected chi connectivity index (χ4v) is 16.0. The zero-order valence-corrected chi connectivity index (χ0v) is 72.8. The average molecular weight is 1630 g/mol. The number of nitrogens with one attached hydrogen (secondary N) is 1. The zero-order chi connectivity index (χ0) is 83.1. The van der Waals surface area contributed by atoms with Gasteiger partial charge in [0, 0.05) is 6.42 Å². The topological polar surface area (TPSA) is 307 Å². The van der Waals surface area contributed by atoms with E-state index in [1.807, 2.05) is 6.08 Å². The van der Waals surface area contributed by atoms with E-state index in [2.05, 4.69) is 79.9 Å². The van der Waals surface area contributed by atoms with Gasteiger partial charge in [-0.15, -0.1) is 0 Å². The van der Waals surface area contributed by atoms with Gasteiger partial charge in [0.25, 0.3) is 0 Å². The molecule has 3 rings (SSSR count). The third-order valence-corrected chi connectivity index (χ3v) is 23.5. The lowest BCUT2D eigenvalue weighted by atomic mass is 9.96. The molecule has 0 aromatic rings. The molecule has 0 aromatic heterocycles. The Hall–Kier alpha value is -2.77. The second-order valence-corrected chi connectivity index (χ2v) is 33.8. The Bertz CT molecular complexity index is 2350. The standard InChI is InChI=1S/C96H175NO18/c1-3-5-7-9-11-13-15-17-19-21-23-25-27-29-31-33-34-35-36-37-38-39-40-41-42-43-44-46-48-50-52-54-56-58-60-62-64-66-68-70-72-74-84(102)97-79(80(101)73-71-69-67-65-63-61-59-57-55-53-51-49-47-45-32-30-28-26-24-22-20-18-16-14-12-10-8-6-4-2)78-110-94-90(108)87(105)92(82(76-99)112-94)115-96-91(109)88(106)93(83(77-100)113-96)114-95-89(107)86(104)85(103)81(75-98)111-95/h5,7,11,13,17,19,23,25,29,31,71,73,79-83,85-96,98-101,103-109H,3-4,6,8-10,12,14-16,18,20-22,24,26-28,30,32-70,72,74-78H2,1-2H3,(H,97,102)/b7-5-,13-11-,19-17-,25-23-,31-29-,73-71+. The maximum Gasteiger partial charge on any atom is 0.220 e. The normalized spacial score (nSPS) is 24.9. The molecule has 0 spiro atoms. The molecule has 0 radical (unpaired) electrons. The van der Waals surface area contributed by atoms with Gasteiger partial charge in [0.15, 0.2) is 18.9 Å². The van der Waals surface area contributed by atoms with Crippen molar-refractivity contribution in [3.63, 3.8) is 0 Å². The summed E-state index contributed by atoms with van der Waals surface area (Å²) in [6.45, 7) is 1.69. The van der Waals surface area contributed by atoms with Gasteiger partial charge in [-0.05, 0) is 64.2 Å². The Morgan fingerprint density at radius 2 is 0.600 bits per heavy atom. The van der Waals surface area contributed by atoms with Gasteiger partial charge in [0.05, 0.1) is 38.6 Å². The molecule has 17 unspecified atom stereocenters. The number of carbonyl (C=O) groups excluding carboxylic acids is 1. The van der Waals surface area contributed by atoms with Crippen molar-refractivity contribution in [1.29, 1.82) is 0 Å². The van der Waals surface area contributed by atoms with Crippen LogP contribution in [0.1, 0.15) is 399 Å². The van der Waals surface area contributed by atoms with Gasteiger partial charge in [0.2, 0.25) is 5.91 Å². The second-order valence-electron chi connectivity index (χ2n) is 33.8. The number of hydrogen-bond acceptors (Lipinski definition) is 18. The molecule has 3 aliphatic heterocycles. The summed E-state index contributed by atoms with van der Waals surface area (Å²) in [6.07, 6.45) is 75.0. The molecule has 115 heavy (non-hydrogen) atoms. The predicted octanol–water partition coefficient (Wildman–Crippen LogP) is 19.1. The van der Waals surface area contributed by atoms with Crippen molar-refractivity contribution in [3.05, 3.63) is 72.9 Å². The second kappa shape index (κ2) is 75.0. The average Bonchev–Trinajstić information content (AvgIpc) is 0.778. The summed E-state index contributed by atoms with van der Waals surface area (Å²) in [4.78, 5) is 13.5. The van der Waals surface area contributed by atoms with Crippen LogP contribution in [0.15, 0.2) is 72.9 Å². The maximum atomic E-state index is 13.5. The smallest absolute Gasteiger partial charge is 0.220 e. The number of unbranched alkanes of at least 4 members (excludes halogenated alkanes) is 52. The first-order valence-electron chi connectivity index (χ1n) is 47.7. The summed E-state index contributed by atoms with van der Waals surface area (Å²) in [5.74, 6) is -0.268. The first kappa shape index (κ1) is 106. The molecule has 19 heteroatoms. The predicted molar refractivity (Wildman–Crippen MR) is 466 cm³/mol. The van der Waals surface area contributed by atoms with Gasteiger partial charge in [-0.1, -0.05) is 401 Å². The summed E-state index contributed by atoms with van der Waals surface area (Å²) >= 11 is 0. The molecular formula is C96H175NO18. The molecule has 1 amide bonds. The van der Waals surface area contributed by atoms with E-state index in [1.165, 1.54) is 295 Å². The highest BCUT2D eigenvalue weighted by molar-refractivity contribution is 5.76. The number of hydrogen-bond donors (Lipinski definition) is 12. The van der Waals surface area contributed by atoms with Crippen molar-refractivity contribution in [1.82, 2.24) is 5.32 Å². The maximum absolute atomic E-state index is 13.5. The van der Waals surface area contributed by atoms with Crippen LogP contribution in [0.3, 0.4) is 0 Å². The van der Waals surface area contributed by atoms with Crippen LogP contribution in [-0.4, -0.2) is 193 Å². The van der Waals surface area contributed by atoms with Crippen LogP contribution < -0.4 is 5.32 Å². The van der Waals surface area contributed by atoms with Gasteiger partial charge in [-0.2, -0.15) is 0 Å². The molecule has 0 saturated carbocycles. The van der Waals surface area contributed by atoms with E-state index in [9.17, 15) is 61.0 Å². The molecule has 19 nitrogen and oxygen atoms in total. The highest BCUT2D eigenvalue weighted by Gasteiger charge is 2.54. The lowest BCUT2D eigenvalue weighted by Crippen LogP contribution is -2.66. The van der Waals surface area contributed by atoms with Gasteiger partial charge >= 0.3 is 0 Å². The minimum atomic E-state index is -1.98. The Morgan fingerprint density at radius 3 is 0.939 bits per heavy atom. The molecule has 3 fully saturated rings. The van der Waals surface area contributed by atoms with E-state index in [0.717, 1.165) is 77.0 Å². The summed E-state index contributed by atoms with van der Waals surface area (Å²) in [6, 6.07) is -0.976. The first-order valence-corrected chi connectivity index (χ1v) is 47.7. The van der Waals surface area contributed by atoms with Crippen molar-refractivity contribution in [2.24, 2.45) is 0 Å². The monoisotopic (exact) mass is 1630 g/mol. The molecule has 672 valence electrons. The fraction of sp³-hybridized carbons (Fsp3) is 0.865. The van der Waals surface area contributed by atoms with Crippen LogP contribution in [-0.2, 0) is 33.2 Å². The van der Waals surface area contributed by atoms with E-state index in [0.29, 0.717) is 6.42 Å². The van der Waals surface area contributed by atoms with Crippen molar-refractivity contribution in [3.8, 4) is 0 Å². The van der Waals surface area contributed by atoms with Crippen LogP contribution in [0.2, 0.25) is 0 Å². The summed E-state index contributed by atoms with van der Waals surface area (Å²) in [7, 11) is 0. The Kier molecular flexibility index (Phi) is 69.4. The van der Waals surface area contributed by atoms with E-state index in [1.54, 1.807) is 6.08 Å². The number of carbonyl (C=O) groups is 1. The lowest BCUT2D eigenvalue weighted by Gasteiger charge is -2.48. The number of amides is 1. The molecule has 0 aromatic carbocycles. The largest absolute Gasteiger partial charge is 0.394 e. The third kappa shape index (κ3) is 53.0. The van der Waals surface area contributed by atoms with Gasteiger partial charge in [-0.25, -0.2) is 0 Å². The highest BCUT2D eigenvalue weighted by Crippen LogP contribution is 2.34. The highest BCUT2D eigenvalue weighted by atomic mass is 16.8. The summed E-state index contributed by atoms with van der Waals surface area (Å²) in [5, 5.41) is 121. The Morgan fingerprint density at radius 1 is 0.322 bits per heavy atom. The molecule has 12 N–H and O–H groups in total. The number of ether oxygens (including phenoxy) is 6. The summed E-state index contributed by atoms with van der Waals surface area (Å²) < 4.78 is 34.6. The van der Waals surface area contributed by atoms with Gasteiger partial charge in [-0.3, -0.25) is 4.79 Å². The Labute approximate surface area is 699 Å². The molecule has 3 aliphatic rings. The lowest BCUT2D eigenvalue weighted by molar-refractivity contribution is -0.379. The molecule has 0 aliphatic carbocycles. The van der Waals surface area contributed by atoms with Crippen LogP contribution in [0, 0.1) is 0 Å². The minimum absolute atomic E-state index is 0.246. The summed E-state index contributed by atoms with van der Waals surface area (Å²) in [5.41, 5.74) is 0. The Balaban J connectivity index is 1.29. The number of rotatable bonds is 78. The minimum Gasteiger partial charge on any atom is -0.394 e. The van der Waals surface area contributed by atoms with Gasteiger partial charge in [0.1, 0.15) is 73.2 Å². The molecule has 3 saturated heterocycles. The molecule has 3 heterocycles. The zero-order valence-electron chi connectivity index (χ0n) is 72.8. The molecular weight excluding hydrogens is 1460 g/mol. The van der Waals surface area contributed by atoms with Crippen LogP contribution >= 0.6 is 0 Å². The van der Waals surface area contributed by atoms with Crippen LogP contribution in [0.25, 0.3) is 0 Å². The fourth-order valence-electron chi connectivity index (χ4n) is 16.0. The quantitative estimate of drug-likeness (QED) is 0.0199. The third-order valence-electron chi connectivity index (χ3n) is 23.5. The number of aliphatic hydroxyl groups excluding tert-OH is 11. The van der Waals surface area contributed by atoms with E-state index in [-0.39, 0.29) is 18.9 Å². The van der Waals surface area contributed by atoms with Crippen molar-refractivity contribution < 1.29 is 89.4 Å². The van der Waals surface area contributed by atoms with Gasteiger partial charge < -0.3 is 89.9 Å². The number of allylic oxidation sites excluding steroid dienone is 11.